The minimum atomic E-state index is -0.0445. The van der Waals surface area contributed by atoms with E-state index in [-0.39, 0.29) is 21.7 Å². The molecule has 0 saturated heterocycles. The number of aromatic nitrogens is 2. The normalized spacial score (nSPS) is 12.8. The Bertz CT molecular complexity index is 2740. The number of nitrogens with zero attached hydrogens (tertiary/aromatic N) is 4. The van der Waals surface area contributed by atoms with Crippen molar-refractivity contribution in [3.8, 4) is 34.6 Å². The highest BCUT2D eigenvalue weighted by Crippen LogP contribution is 2.43. The quantitative estimate of drug-likeness (QED) is 0.180. The molecule has 4 heteroatoms. The summed E-state index contributed by atoms with van der Waals surface area (Å²) in [5.74, 6) is 0. The van der Waals surface area contributed by atoms with Crippen LogP contribution in [0.4, 0.5) is 0 Å². The molecule has 8 aromatic rings. The number of nitriles is 2. The summed E-state index contributed by atoms with van der Waals surface area (Å²) < 4.78 is 4.60. The minimum absolute atomic E-state index is 0.0445. The summed E-state index contributed by atoms with van der Waals surface area (Å²) in [6.45, 7) is 27.1. The maximum absolute atomic E-state index is 11.5. The highest BCUT2D eigenvalue weighted by atomic mass is 15.0. The van der Waals surface area contributed by atoms with E-state index in [1.54, 1.807) is 0 Å². The van der Waals surface area contributed by atoms with Crippen LogP contribution in [0.15, 0.2) is 109 Å². The van der Waals surface area contributed by atoms with E-state index in [1.807, 2.05) is 18.2 Å². The molecule has 290 valence electrons. The standard InChI is InChI=1S/C54H54N4/c1-51(2,3)36-16-20-45-40(27-36)41-28-37(52(4,5)6)17-21-46(41)57(45)49-25-35(34-15-13-14-33(24-34)31-55)26-50(44(49)32-56)58-47-22-18-38(53(7,8)9)29-42(47)43-30-39(54(10,11)12)19-23-48(43)58/h13-30H,1-12H3. The molecule has 0 radical (unpaired) electrons. The second-order valence-electron chi connectivity index (χ2n) is 20.3. The lowest BCUT2D eigenvalue weighted by molar-refractivity contribution is 0.590. The fourth-order valence-corrected chi connectivity index (χ4v) is 8.45. The van der Waals surface area contributed by atoms with Crippen LogP contribution in [0, 0.1) is 22.7 Å². The Morgan fingerprint density at radius 1 is 0.379 bits per heavy atom. The molecule has 6 aromatic carbocycles. The van der Waals surface area contributed by atoms with Gasteiger partial charge in [-0.2, -0.15) is 10.5 Å². The third-order valence-corrected chi connectivity index (χ3v) is 12.0. The molecule has 0 aliphatic rings. The summed E-state index contributed by atoms with van der Waals surface area (Å²) in [7, 11) is 0. The molecular weight excluding hydrogens is 705 g/mol. The highest BCUT2D eigenvalue weighted by molar-refractivity contribution is 6.12. The van der Waals surface area contributed by atoms with Crippen molar-refractivity contribution in [2.45, 2.75) is 105 Å². The van der Waals surface area contributed by atoms with E-state index in [2.05, 4.69) is 195 Å². The summed E-state index contributed by atoms with van der Waals surface area (Å²) in [6.07, 6.45) is 0. The zero-order chi connectivity index (χ0) is 41.7. The average Bonchev–Trinajstić information content (AvgIpc) is 3.67. The summed E-state index contributed by atoms with van der Waals surface area (Å²) >= 11 is 0. The Morgan fingerprint density at radius 3 is 1.02 bits per heavy atom. The lowest BCUT2D eigenvalue weighted by atomic mass is 9.85. The maximum atomic E-state index is 11.5. The molecule has 0 aliphatic carbocycles. The maximum Gasteiger partial charge on any atom is 0.104 e. The largest absolute Gasteiger partial charge is 0.308 e. The third-order valence-electron chi connectivity index (χ3n) is 12.0. The van der Waals surface area contributed by atoms with E-state index in [1.165, 1.54) is 22.3 Å². The fraction of sp³-hybridized carbons (Fsp3) is 0.296. The van der Waals surface area contributed by atoms with E-state index in [0.717, 1.165) is 66.1 Å². The van der Waals surface area contributed by atoms with Crippen molar-refractivity contribution in [3.63, 3.8) is 0 Å². The van der Waals surface area contributed by atoms with Gasteiger partial charge in [0, 0.05) is 21.5 Å². The molecule has 0 spiro atoms. The first-order chi connectivity index (χ1) is 27.2. The van der Waals surface area contributed by atoms with Crippen LogP contribution in [0.25, 0.3) is 66.1 Å². The van der Waals surface area contributed by atoms with Gasteiger partial charge in [-0.05, 0) is 128 Å². The first kappa shape index (κ1) is 38.8. The number of hydrogen-bond acceptors (Lipinski definition) is 2. The SMILES string of the molecule is CC(C)(C)c1ccc2c(c1)c1cc(C(C)(C)C)ccc1n2-c1cc(-c2cccc(C#N)c2)cc(-n2c3ccc(C(C)(C)C)cc3c3cc(C(C)(C)C)ccc32)c1C#N. The van der Waals surface area contributed by atoms with Gasteiger partial charge in [0.25, 0.3) is 0 Å². The molecule has 0 atom stereocenters. The molecule has 0 fully saturated rings. The molecule has 2 aromatic heterocycles. The molecule has 4 nitrogen and oxygen atoms in total. The number of hydrogen-bond donors (Lipinski definition) is 0. The number of fused-ring (bicyclic) bond motifs is 6. The van der Waals surface area contributed by atoms with Gasteiger partial charge < -0.3 is 9.13 Å². The predicted molar refractivity (Wildman–Crippen MR) is 245 cm³/mol. The van der Waals surface area contributed by atoms with Crippen LogP contribution in [0.1, 0.15) is 116 Å². The Morgan fingerprint density at radius 2 is 0.724 bits per heavy atom. The fourth-order valence-electron chi connectivity index (χ4n) is 8.45. The van der Waals surface area contributed by atoms with Gasteiger partial charge in [0.05, 0.1) is 45.1 Å². The molecule has 0 N–H and O–H groups in total. The molecule has 0 amide bonds. The highest BCUT2D eigenvalue weighted by Gasteiger charge is 2.26. The first-order valence-electron chi connectivity index (χ1n) is 20.5. The lowest BCUT2D eigenvalue weighted by Gasteiger charge is -2.21. The van der Waals surface area contributed by atoms with Gasteiger partial charge >= 0.3 is 0 Å². The Hall–Kier alpha value is -6.10. The lowest BCUT2D eigenvalue weighted by Crippen LogP contribution is -2.11. The Balaban J connectivity index is 1.55. The van der Waals surface area contributed by atoms with Crippen molar-refractivity contribution in [3.05, 3.63) is 143 Å². The smallest absolute Gasteiger partial charge is 0.104 e. The monoisotopic (exact) mass is 758 g/mol. The first-order valence-corrected chi connectivity index (χ1v) is 20.5. The van der Waals surface area contributed by atoms with E-state index in [4.69, 9.17) is 0 Å². The second kappa shape index (κ2) is 13.2. The van der Waals surface area contributed by atoms with Crippen LogP contribution < -0.4 is 0 Å². The second-order valence-corrected chi connectivity index (χ2v) is 20.3. The van der Waals surface area contributed by atoms with E-state index < -0.39 is 0 Å². The van der Waals surface area contributed by atoms with Crippen LogP contribution in [0.5, 0.6) is 0 Å². The summed E-state index contributed by atoms with van der Waals surface area (Å²) in [5.41, 5.74) is 13.7. The molecule has 0 bridgehead atoms. The molecule has 0 saturated carbocycles. The molecular formula is C54H54N4. The zero-order valence-electron chi connectivity index (χ0n) is 36.2. The van der Waals surface area contributed by atoms with Crippen molar-refractivity contribution in [2.75, 3.05) is 0 Å². The Kier molecular flexibility index (Phi) is 8.84. The van der Waals surface area contributed by atoms with Crippen molar-refractivity contribution >= 4 is 43.6 Å². The van der Waals surface area contributed by atoms with Gasteiger partial charge in [-0.25, -0.2) is 0 Å². The van der Waals surface area contributed by atoms with Crippen LogP contribution in [0.2, 0.25) is 0 Å². The zero-order valence-corrected chi connectivity index (χ0v) is 36.2. The van der Waals surface area contributed by atoms with Crippen LogP contribution in [-0.4, -0.2) is 9.13 Å². The molecule has 8 rings (SSSR count). The van der Waals surface area contributed by atoms with Crippen molar-refractivity contribution in [1.82, 2.24) is 9.13 Å². The van der Waals surface area contributed by atoms with Gasteiger partial charge in [0.1, 0.15) is 11.6 Å². The van der Waals surface area contributed by atoms with Crippen LogP contribution in [0.3, 0.4) is 0 Å². The number of benzene rings is 6. The predicted octanol–water partition coefficient (Wildman–Crippen LogP) is 14.5. The van der Waals surface area contributed by atoms with Crippen molar-refractivity contribution in [1.29, 1.82) is 10.5 Å². The van der Waals surface area contributed by atoms with Gasteiger partial charge in [-0.15, -0.1) is 0 Å². The summed E-state index contributed by atoms with van der Waals surface area (Å²) in [5, 5.41) is 26.2. The molecule has 2 heterocycles. The molecule has 58 heavy (non-hydrogen) atoms. The topological polar surface area (TPSA) is 57.4 Å². The summed E-state index contributed by atoms with van der Waals surface area (Å²) in [4.78, 5) is 0. The van der Waals surface area contributed by atoms with Gasteiger partial charge in [-0.3, -0.25) is 0 Å². The third kappa shape index (κ3) is 6.46. The average molecular weight is 759 g/mol. The minimum Gasteiger partial charge on any atom is -0.308 e. The van der Waals surface area contributed by atoms with Gasteiger partial charge in [-0.1, -0.05) is 119 Å². The van der Waals surface area contributed by atoms with E-state index in [9.17, 15) is 10.5 Å². The van der Waals surface area contributed by atoms with Gasteiger partial charge in [0.15, 0.2) is 0 Å². The van der Waals surface area contributed by atoms with Gasteiger partial charge in [0.2, 0.25) is 0 Å². The molecule has 0 unspecified atom stereocenters. The van der Waals surface area contributed by atoms with E-state index >= 15 is 0 Å². The van der Waals surface area contributed by atoms with Crippen molar-refractivity contribution < 1.29 is 0 Å². The van der Waals surface area contributed by atoms with Crippen molar-refractivity contribution in [2.24, 2.45) is 0 Å². The Labute approximate surface area is 344 Å². The summed E-state index contributed by atoms with van der Waals surface area (Å²) in [6, 6.07) is 44.5. The van der Waals surface area contributed by atoms with E-state index in [0.29, 0.717) is 11.1 Å². The molecule has 0 aliphatic heterocycles. The van der Waals surface area contributed by atoms with Crippen LogP contribution >= 0.6 is 0 Å². The number of rotatable bonds is 3. The van der Waals surface area contributed by atoms with Crippen LogP contribution in [-0.2, 0) is 21.7 Å².